The molecule has 1 aliphatic heterocycles. The van der Waals surface area contributed by atoms with Crippen molar-refractivity contribution in [1.82, 2.24) is 4.31 Å². The number of nitrogens with one attached hydrogen (secondary N) is 1. The smallest absolute Gasteiger partial charge is 0.243 e. The highest BCUT2D eigenvalue weighted by Crippen LogP contribution is 2.22. The highest BCUT2D eigenvalue weighted by molar-refractivity contribution is 7.99. The summed E-state index contributed by atoms with van der Waals surface area (Å²) in [6.07, 6.45) is 4.74. The molecular formula is C14H20N2O3S2. The van der Waals surface area contributed by atoms with E-state index < -0.39 is 10.0 Å². The van der Waals surface area contributed by atoms with Crippen LogP contribution in [-0.4, -0.2) is 43.7 Å². The summed E-state index contributed by atoms with van der Waals surface area (Å²) >= 11 is 1.42. The number of amides is 1. The predicted molar refractivity (Wildman–Crippen MR) is 86.1 cm³/mol. The van der Waals surface area contributed by atoms with Gasteiger partial charge in [-0.25, -0.2) is 8.42 Å². The fourth-order valence-electron chi connectivity index (χ4n) is 2.32. The van der Waals surface area contributed by atoms with E-state index in [0.717, 1.165) is 19.3 Å². The van der Waals surface area contributed by atoms with E-state index in [2.05, 4.69) is 5.32 Å². The molecule has 1 amide bonds. The zero-order valence-electron chi connectivity index (χ0n) is 12.0. The second-order valence-corrected chi connectivity index (χ2v) is 7.78. The van der Waals surface area contributed by atoms with Gasteiger partial charge in [-0.3, -0.25) is 4.79 Å². The Bertz CT molecular complexity index is 596. The molecule has 0 radical (unpaired) electrons. The van der Waals surface area contributed by atoms with Crippen molar-refractivity contribution in [2.75, 3.05) is 30.4 Å². The number of benzene rings is 1. The van der Waals surface area contributed by atoms with Crippen LogP contribution in [0, 0.1) is 0 Å². The summed E-state index contributed by atoms with van der Waals surface area (Å²) in [5.41, 5.74) is 0.520. The molecule has 0 aromatic heterocycles. The minimum absolute atomic E-state index is 0.130. The van der Waals surface area contributed by atoms with Crippen molar-refractivity contribution in [2.45, 2.75) is 24.2 Å². The van der Waals surface area contributed by atoms with Crippen LogP contribution < -0.4 is 5.32 Å². The fraction of sp³-hybridized carbons (Fsp3) is 0.500. The summed E-state index contributed by atoms with van der Waals surface area (Å²) < 4.78 is 26.6. The first kappa shape index (κ1) is 16.3. The topological polar surface area (TPSA) is 66.5 Å². The van der Waals surface area contributed by atoms with Gasteiger partial charge in [0.2, 0.25) is 15.9 Å². The van der Waals surface area contributed by atoms with E-state index in [9.17, 15) is 13.2 Å². The molecule has 1 aromatic carbocycles. The molecule has 0 unspecified atom stereocenters. The molecule has 1 saturated heterocycles. The quantitative estimate of drug-likeness (QED) is 0.899. The molecular weight excluding hydrogens is 308 g/mol. The Morgan fingerprint density at radius 1 is 1.29 bits per heavy atom. The van der Waals surface area contributed by atoms with E-state index in [1.54, 1.807) is 18.2 Å². The number of anilines is 1. The number of piperidine rings is 1. The number of carbonyl (C=O) groups is 1. The van der Waals surface area contributed by atoms with Crippen molar-refractivity contribution in [2.24, 2.45) is 0 Å². The second kappa shape index (κ2) is 7.29. The van der Waals surface area contributed by atoms with E-state index in [1.165, 1.54) is 22.1 Å². The highest BCUT2D eigenvalue weighted by Gasteiger charge is 2.26. The van der Waals surface area contributed by atoms with Crippen molar-refractivity contribution < 1.29 is 13.2 Å². The largest absolute Gasteiger partial charge is 0.325 e. The van der Waals surface area contributed by atoms with Crippen LogP contribution >= 0.6 is 11.8 Å². The van der Waals surface area contributed by atoms with Gasteiger partial charge in [0, 0.05) is 18.8 Å². The van der Waals surface area contributed by atoms with Crippen molar-refractivity contribution >= 4 is 33.4 Å². The standard InChI is InChI=1S/C14H20N2O3S2/c1-20-11-14(17)15-12-6-5-7-13(10-12)21(18,19)16-8-3-2-4-9-16/h5-7,10H,2-4,8-9,11H2,1H3,(H,15,17). The Kier molecular flexibility index (Phi) is 5.66. The minimum atomic E-state index is -3.46. The number of nitrogens with zero attached hydrogens (tertiary/aromatic N) is 1. The van der Waals surface area contributed by atoms with Gasteiger partial charge in [-0.15, -0.1) is 0 Å². The molecule has 0 aliphatic carbocycles. The zero-order chi connectivity index (χ0) is 15.3. The van der Waals surface area contributed by atoms with Crippen LogP contribution in [0.2, 0.25) is 0 Å². The molecule has 5 nitrogen and oxygen atoms in total. The molecule has 7 heteroatoms. The van der Waals surface area contributed by atoms with Crippen LogP contribution in [0.4, 0.5) is 5.69 Å². The molecule has 0 bridgehead atoms. The monoisotopic (exact) mass is 328 g/mol. The van der Waals surface area contributed by atoms with Gasteiger partial charge in [0.05, 0.1) is 10.6 Å². The van der Waals surface area contributed by atoms with Crippen LogP contribution in [0.25, 0.3) is 0 Å². The molecule has 1 fully saturated rings. The van der Waals surface area contributed by atoms with Gasteiger partial charge >= 0.3 is 0 Å². The molecule has 1 heterocycles. The number of hydrogen-bond donors (Lipinski definition) is 1. The Labute approximate surface area is 130 Å². The maximum atomic E-state index is 12.6. The third kappa shape index (κ3) is 4.21. The molecule has 2 rings (SSSR count). The molecule has 1 N–H and O–H groups in total. The first-order valence-corrected chi connectivity index (χ1v) is 9.76. The Morgan fingerprint density at radius 3 is 2.67 bits per heavy atom. The summed E-state index contributed by atoms with van der Waals surface area (Å²) in [6.45, 7) is 1.15. The number of sulfonamides is 1. The second-order valence-electron chi connectivity index (χ2n) is 4.97. The van der Waals surface area contributed by atoms with Gasteiger partial charge in [0.1, 0.15) is 0 Å². The normalized spacial score (nSPS) is 16.6. The van der Waals surface area contributed by atoms with E-state index in [1.807, 2.05) is 6.26 Å². The first-order valence-electron chi connectivity index (χ1n) is 6.93. The van der Waals surface area contributed by atoms with Crippen LogP contribution in [0.5, 0.6) is 0 Å². The third-order valence-electron chi connectivity index (χ3n) is 3.35. The lowest BCUT2D eigenvalue weighted by atomic mass is 10.2. The zero-order valence-corrected chi connectivity index (χ0v) is 13.7. The summed E-state index contributed by atoms with van der Waals surface area (Å²) in [5, 5.41) is 2.72. The van der Waals surface area contributed by atoms with E-state index >= 15 is 0 Å². The Hall–Kier alpha value is -1.05. The van der Waals surface area contributed by atoms with Crippen LogP contribution in [-0.2, 0) is 14.8 Å². The average Bonchev–Trinajstić information content (AvgIpc) is 2.48. The van der Waals surface area contributed by atoms with Crippen LogP contribution in [0.15, 0.2) is 29.2 Å². The maximum Gasteiger partial charge on any atom is 0.243 e. The predicted octanol–water partition coefficient (Wildman–Crippen LogP) is 2.16. The van der Waals surface area contributed by atoms with Crippen molar-refractivity contribution in [3.8, 4) is 0 Å². The lowest BCUT2D eigenvalue weighted by molar-refractivity contribution is -0.113. The van der Waals surface area contributed by atoms with Crippen molar-refractivity contribution in [3.05, 3.63) is 24.3 Å². The van der Waals surface area contributed by atoms with Crippen molar-refractivity contribution in [3.63, 3.8) is 0 Å². The van der Waals surface area contributed by atoms with Crippen LogP contribution in [0.3, 0.4) is 0 Å². The third-order valence-corrected chi connectivity index (χ3v) is 5.79. The van der Waals surface area contributed by atoms with Gasteiger partial charge in [-0.2, -0.15) is 16.1 Å². The highest BCUT2D eigenvalue weighted by atomic mass is 32.2. The first-order chi connectivity index (χ1) is 10.0. The van der Waals surface area contributed by atoms with E-state index in [4.69, 9.17) is 0 Å². The van der Waals surface area contributed by atoms with Gasteiger partial charge < -0.3 is 5.32 Å². The molecule has 21 heavy (non-hydrogen) atoms. The number of carbonyl (C=O) groups excluding carboxylic acids is 1. The average molecular weight is 328 g/mol. The molecule has 0 saturated carbocycles. The molecule has 1 aromatic rings. The van der Waals surface area contributed by atoms with Gasteiger partial charge in [0.15, 0.2) is 0 Å². The summed E-state index contributed by atoms with van der Waals surface area (Å²) in [7, 11) is -3.46. The maximum absolute atomic E-state index is 12.6. The summed E-state index contributed by atoms with van der Waals surface area (Å²) in [4.78, 5) is 11.8. The van der Waals surface area contributed by atoms with E-state index in [-0.39, 0.29) is 10.8 Å². The number of thioether (sulfide) groups is 1. The number of rotatable bonds is 5. The molecule has 0 spiro atoms. The molecule has 116 valence electrons. The molecule has 0 atom stereocenters. The molecule has 1 aliphatic rings. The summed E-state index contributed by atoms with van der Waals surface area (Å²) in [6, 6.07) is 6.47. The van der Waals surface area contributed by atoms with Crippen LogP contribution in [0.1, 0.15) is 19.3 Å². The van der Waals surface area contributed by atoms with Gasteiger partial charge in [-0.05, 0) is 37.3 Å². The Morgan fingerprint density at radius 2 is 2.00 bits per heavy atom. The van der Waals surface area contributed by atoms with Gasteiger partial charge in [0.25, 0.3) is 0 Å². The van der Waals surface area contributed by atoms with Gasteiger partial charge in [-0.1, -0.05) is 12.5 Å². The lowest BCUT2D eigenvalue weighted by Crippen LogP contribution is -2.35. The van der Waals surface area contributed by atoms with E-state index in [0.29, 0.717) is 24.5 Å². The SMILES string of the molecule is CSCC(=O)Nc1cccc(S(=O)(=O)N2CCCCC2)c1. The van der Waals surface area contributed by atoms with Crippen molar-refractivity contribution in [1.29, 1.82) is 0 Å². The minimum Gasteiger partial charge on any atom is -0.325 e. The Balaban J connectivity index is 2.17. The summed E-state index contributed by atoms with van der Waals surface area (Å²) in [5.74, 6) is 0.221. The lowest BCUT2D eigenvalue weighted by Gasteiger charge is -2.26. The number of hydrogen-bond acceptors (Lipinski definition) is 4. The fourth-order valence-corrected chi connectivity index (χ4v) is 4.21.